The summed E-state index contributed by atoms with van der Waals surface area (Å²) in [6, 6.07) is 7.13. The second-order valence-electron chi connectivity index (χ2n) is 3.98. The lowest BCUT2D eigenvalue weighted by molar-refractivity contribution is -0.132. The average molecular weight is 266 g/mol. The number of hydrogen-bond donors (Lipinski definition) is 2. The van der Waals surface area contributed by atoms with Crippen molar-refractivity contribution in [3.8, 4) is 5.75 Å². The summed E-state index contributed by atoms with van der Waals surface area (Å²) < 4.78 is 10.4. The number of carbonyl (C=O) groups excluding carboxylic acids is 1. The number of aliphatic hydroxyl groups is 2. The van der Waals surface area contributed by atoms with Crippen molar-refractivity contribution >= 4 is 6.29 Å². The van der Waals surface area contributed by atoms with Gasteiger partial charge in [0, 0.05) is 0 Å². The number of benzene rings is 1. The van der Waals surface area contributed by atoms with Crippen LogP contribution < -0.4 is 4.74 Å². The van der Waals surface area contributed by atoms with Gasteiger partial charge in [0.15, 0.2) is 6.29 Å². The van der Waals surface area contributed by atoms with Gasteiger partial charge in [0.05, 0.1) is 13.7 Å². The van der Waals surface area contributed by atoms with E-state index in [1.54, 1.807) is 31.4 Å². The zero-order chi connectivity index (χ0) is 14.3. The van der Waals surface area contributed by atoms with Crippen molar-refractivity contribution in [2.75, 3.05) is 7.11 Å². The minimum Gasteiger partial charge on any atom is -0.497 e. The van der Waals surface area contributed by atoms with E-state index < -0.39 is 18.3 Å². The first kappa shape index (κ1) is 15.4. The van der Waals surface area contributed by atoms with Crippen LogP contribution in [0.4, 0.5) is 0 Å². The molecule has 19 heavy (non-hydrogen) atoms. The van der Waals surface area contributed by atoms with E-state index in [2.05, 4.69) is 6.58 Å². The first-order chi connectivity index (χ1) is 9.12. The van der Waals surface area contributed by atoms with Gasteiger partial charge < -0.3 is 24.5 Å². The second kappa shape index (κ2) is 7.68. The van der Waals surface area contributed by atoms with Crippen LogP contribution in [0.5, 0.6) is 5.75 Å². The van der Waals surface area contributed by atoms with Crippen molar-refractivity contribution in [1.82, 2.24) is 0 Å². The fraction of sp³-hybridized carbons (Fsp3) is 0.357. The molecule has 0 amide bonds. The van der Waals surface area contributed by atoms with Gasteiger partial charge in [0.2, 0.25) is 0 Å². The summed E-state index contributed by atoms with van der Waals surface area (Å²) in [4.78, 5) is 10.6. The molecule has 0 fully saturated rings. The molecule has 1 aromatic carbocycles. The van der Waals surface area contributed by atoms with Gasteiger partial charge >= 0.3 is 0 Å². The molecule has 0 bridgehead atoms. The van der Waals surface area contributed by atoms with Crippen LogP contribution in [0.25, 0.3) is 0 Å². The van der Waals surface area contributed by atoms with Gasteiger partial charge in [-0.05, 0) is 17.7 Å². The molecular formula is C14H18O5. The van der Waals surface area contributed by atoms with Crippen LogP contribution in [0.3, 0.4) is 0 Å². The monoisotopic (exact) mass is 266 g/mol. The Labute approximate surface area is 112 Å². The molecule has 0 saturated carbocycles. The quantitative estimate of drug-likeness (QED) is 0.535. The normalized spacial score (nSPS) is 15.3. The summed E-state index contributed by atoms with van der Waals surface area (Å²) >= 11 is 0. The van der Waals surface area contributed by atoms with E-state index in [9.17, 15) is 15.0 Å². The fourth-order valence-electron chi connectivity index (χ4n) is 1.52. The highest BCUT2D eigenvalue weighted by Gasteiger charge is 2.25. The SMILES string of the molecule is C=C[C@@H](O)[C@@H](OCc1ccc(OC)cc1)[C@@H](O)C=O. The van der Waals surface area contributed by atoms with Crippen molar-refractivity contribution < 1.29 is 24.5 Å². The third kappa shape index (κ3) is 4.48. The van der Waals surface area contributed by atoms with Gasteiger partial charge in [-0.25, -0.2) is 0 Å². The Morgan fingerprint density at radius 2 is 1.89 bits per heavy atom. The van der Waals surface area contributed by atoms with E-state index >= 15 is 0 Å². The summed E-state index contributed by atoms with van der Waals surface area (Å²) in [5, 5.41) is 19.1. The highest BCUT2D eigenvalue weighted by atomic mass is 16.5. The number of methoxy groups -OCH3 is 1. The lowest BCUT2D eigenvalue weighted by atomic mass is 10.1. The average Bonchev–Trinajstić information content (AvgIpc) is 2.47. The van der Waals surface area contributed by atoms with E-state index in [4.69, 9.17) is 9.47 Å². The molecule has 3 atom stereocenters. The van der Waals surface area contributed by atoms with Crippen molar-refractivity contribution in [1.29, 1.82) is 0 Å². The van der Waals surface area contributed by atoms with Crippen LogP contribution in [0.2, 0.25) is 0 Å². The second-order valence-corrected chi connectivity index (χ2v) is 3.98. The Kier molecular flexibility index (Phi) is 6.21. The zero-order valence-corrected chi connectivity index (χ0v) is 10.7. The molecule has 0 aliphatic carbocycles. The Balaban J connectivity index is 2.64. The Bertz CT molecular complexity index is 387. The molecule has 104 valence electrons. The van der Waals surface area contributed by atoms with Gasteiger partial charge in [0.25, 0.3) is 0 Å². The summed E-state index contributed by atoms with van der Waals surface area (Å²) in [5.41, 5.74) is 0.833. The molecular weight excluding hydrogens is 248 g/mol. The van der Waals surface area contributed by atoms with Crippen LogP contribution >= 0.6 is 0 Å². The largest absolute Gasteiger partial charge is 0.497 e. The van der Waals surface area contributed by atoms with E-state index in [0.717, 1.165) is 11.3 Å². The lowest BCUT2D eigenvalue weighted by Crippen LogP contribution is -2.39. The maximum Gasteiger partial charge on any atom is 0.151 e. The van der Waals surface area contributed by atoms with Crippen molar-refractivity contribution in [3.63, 3.8) is 0 Å². The molecule has 2 N–H and O–H groups in total. The van der Waals surface area contributed by atoms with Crippen LogP contribution in [-0.4, -0.2) is 41.9 Å². The van der Waals surface area contributed by atoms with Gasteiger partial charge in [-0.3, -0.25) is 0 Å². The number of hydrogen-bond acceptors (Lipinski definition) is 5. The first-order valence-electron chi connectivity index (χ1n) is 5.81. The van der Waals surface area contributed by atoms with Crippen molar-refractivity contribution in [2.24, 2.45) is 0 Å². The summed E-state index contributed by atoms with van der Waals surface area (Å²) in [7, 11) is 1.57. The molecule has 1 rings (SSSR count). The van der Waals surface area contributed by atoms with Gasteiger partial charge in [-0.15, -0.1) is 6.58 Å². The van der Waals surface area contributed by atoms with Crippen LogP contribution in [-0.2, 0) is 16.1 Å². The molecule has 0 saturated heterocycles. The predicted molar refractivity (Wildman–Crippen MR) is 69.8 cm³/mol. The minimum absolute atomic E-state index is 0.157. The third-order valence-electron chi connectivity index (χ3n) is 2.66. The van der Waals surface area contributed by atoms with Crippen molar-refractivity contribution in [2.45, 2.75) is 24.9 Å². The highest BCUT2D eigenvalue weighted by molar-refractivity contribution is 5.56. The van der Waals surface area contributed by atoms with Crippen molar-refractivity contribution in [3.05, 3.63) is 42.5 Å². The summed E-state index contributed by atoms with van der Waals surface area (Å²) in [5.74, 6) is 0.722. The maximum atomic E-state index is 10.6. The van der Waals surface area contributed by atoms with E-state index in [1.807, 2.05) is 0 Å². The summed E-state index contributed by atoms with van der Waals surface area (Å²) in [6.45, 7) is 3.56. The molecule has 0 aliphatic heterocycles. The number of carbonyl (C=O) groups is 1. The topological polar surface area (TPSA) is 76.0 Å². The number of ether oxygens (including phenoxy) is 2. The van der Waals surface area contributed by atoms with Crippen LogP contribution in [0.1, 0.15) is 5.56 Å². The predicted octanol–water partition coefficient (Wildman–Crippen LogP) is 0.687. The number of rotatable bonds is 8. The minimum atomic E-state index is -1.40. The van der Waals surface area contributed by atoms with E-state index in [1.165, 1.54) is 6.08 Å². The fourth-order valence-corrected chi connectivity index (χ4v) is 1.52. The van der Waals surface area contributed by atoms with Gasteiger partial charge in [-0.1, -0.05) is 18.2 Å². The molecule has 0 aliphatic rings. The molecule has 0 aromatic heterocycles. The first-order valence-corrected chi connectivity index (χ1v) is 5.81. The van der Waals surface area contributed by atoms with Crippen LogP contribution in [0.15, 0.2) is 36.9 Å². The van der Waals surface area contributed by atoms with Crippen LogP contribution in [0, 0.1) is 0 Å². The molecule has 5 nitrogen and oxygen atoms in total. The Hall–Kier alpha value is -1.69. The molecule has 0 radical (unpaired) electrons. The molecule has 1 aromatic rings. The molecule has 0 spiro atoms. The van der Waals surface area contributed by atoms with Gasteiger partial charge in [-0.2, -0.15) is 0 Å². The zero-order valence-electron chi connectivity index (χ0n) is 10.7. The Morgan fingerprint density at radius 1 is 1.26 bits per heavy atom. The van der Waals surface area contributed by atoms with E-state index in [-0.39, 0.29) is 6.61 Å². The maximum absolute atomic E-state index is 10.6. The Morgan fingerprint density at radius 3 is 2.37 bits per heavy atom. The number of aliphatic hydroxyl groups excluding tert-OH is 2. The lowest BCUT2D eigenvalue weighted by Gasteiger charge is -2.22. The smallest absolute Gasteiger partial charge is 0.151 e. The van der Waals surface area contributed by atoms with Gasteiger partial charge in [0.1, 0.15) is 24.1 Å². The number of aldehydes is 1. The third-order valence-corrected chi connectivity index (χ3v) is 2.66. The standard InChI is InChI=1S/C14H18O5/c1-3-12(16)14(13(17)8-15)19-9-10-4-6-11(18-2)7-5-10/h3-8,12-14,16-17H,1,9H2,2H3/t12-,13+,14-/m1/s1. The highest BCUT2D eigenvalue weighted by Crippen LogP contribution is 2.14. The van der Waals surface area contributed by atoms with E-state index in [0.29, 0.717) is 6.29 Å². The molecule has 0 heterocycles. The molecule has 0 unspecified atom stereocenters. The summed E-state index contributed by atoms with van der Waals surface area (Å²) in [6.07, 6.45) is -2.00. The molecule has 5 heteroatoms.